The summed E-state index contributed by atoms with van der Waals surface area (Å²) in [5.41, 5.74) is 4.18. The number of aryl methyl sites for hydroxylation is 1. The normalized spacial score (nSPS) is 11.7. The molecule has 0 aliphatic heterocycles. The van der Waals surface area contributed by atoms with Crippen molar-refractivity contribution in [2.24, 2.45) is 10.2 Å². The van der Waals surface area contributed by atoms with E-state index in [-0.39, 0.29) is 5.97 Å². The number of nitrogens with zero attached hydrogens (tertiary/aromatic N) is 3. The second-order valence-electron chi connectivity index (χ2n) is 9.74. The molecule has 0 saturated carbocycles. The zero-order chi connectivity index (χ0) is 26.4. The quantitative estimate of drug-likeness (QED) is 0.142. The molecule has 2 rings (SSSR count). The molecule has 0 atom stereocenters. The molecule has 0 heterocycles. The van der Waals surface area contributed by atoms with Gasteiger partial charge in [-0.2, -0.15) is 0 Å². The van der Waals surface area contributed by atoms with E-state index in [0.717, 1.165) is 76.2 Å². The van der Waals surface area contributed by atoms with Crippen molar-refractivity contribution in [2.75, 3.05) is 18.0 Å². The number of azo groups is 1. The van der Waals surface area contributed by atoms with Crippen LogP contribution in [0.2, 0.25) is 13.3 Å². The van der Waals surface area contributed by atoms with Crippen LogP contribution in [0.5, 0.6) is 0 Å². The molecule has 0 aliphatic carbocycles. The fourth-order valence-corrected chi connectivity index (χ4v) is 17.7. The van der Waals surface area contributed by atoms with Crippen molar-refractivity contribution in [3.8, 4) is 0 Å². The van der Waals surface area contributed by atoms with Crippen LogP contribution in [-0.4, -0.2) is 37.8 Å². The number of carbonyl (C=O) groups is 1. The van der Waals surface area contributed by atoms with Gasteiger partial charge in [-0.15, -0.1) is 0 Å². The van der Waals surface area contributed by atoms with E-state index in [1.807, 2.05) is 30.3 Å². The summed E-state index contributed by atoms with van der Waals surface area (Å²) < 4.78 is 9.95. The van der Waals surface area contributed by atoms with Crippen molar-refractivity contribution in [3.05, 3.63) is 53.6 Å². The van der Waals surface area contributed by atoms with Crippen molar-refractivity contribution >= 4 is 41.8 Å². The van der Waals surface area contributed by atoms with Crippen LogP contribution in [0, 0.1) is 6.92 Å². The number of carbonyl (C=O) groups excluding carboxylic acids is 1. The van der Waals surface area contributed by atoms with E-state index in [4.69, 9.17) is 3.07 Å². The molecular formula is C30H47N3O2Sn. The minimum atomic E-state index is -3.08. The van der Waals surface area contributed by atoms with E-state index >= 15 is 0 Å². The van der Waals surface area contributed by atoms with Gasteiger partial charge < -0.3 is 0 Å². The fourth-order valence-electron chi connectivity index (χ4n) is 4.66. The van der Waals surface area contributed by atoms with Crippen LogP contribution in [0.4, 0.5) is 17.1 Å². The van der Waals surface area contributed by atoms with Gasteiger partial charge in [-0.25, -0.2) is 0 Å². The van der Waals surface area contributed by atoms with Crippen molar-refractivity contribution in [1.82, 2.24) is 0 Å². The van der Waals surface area contributed by atoms with E-state index in [1.54, 1.807) is 0 Å². The topological polar surface area (TPSA) is 54.3 Å². The summed E-state index contributed by atoms with van der Waals surface area (Å²) in [6.45, 7) is 15.0. The maximum atomic E-state index is 13.6. The molecule has 0 radical (unpaired) electrons. The third kappa shape index (κ3) is 8.89. The summed E-state index contributed by atoms with van der Waals surface area (Å²) in [5, 5.41) is 9.06. The van der Waals surface area contributed by atoms with E-state index < -0.39 is 18.8 Å². The summed E-state index contributed by atoms with van der Waals surface area (Å²) in [6.07, 6.45) is 6.89. The summed E-state index contributed by atoms with van der Waals surface area (Å²) >= 11 is -3.08. The number of hydrogen-bond acceptors (Lipinski definition) is 5. The van der Waals surface area contributed by atoms with E-state index in [1.165, 1.54) is 5.69 Å². The van der Waals surface area contributed by atoms with Crippen LogP contribution in [0.1, 0.15) is 89.1 Å². The van der Waals surface area contributed by atoms with Gasteiger partial charge in [0.15, 0.2) is 0 Å². The van der Waals surface area contributed by atoms with Crippen LogP contribution in [-0.2, 0) is 3.07 Å². The number of anilines is 1. The van der Waals surface area contributed by atoms with Gasteiger partial charge in [0.1, 0.15) is 0 Å². The third-order valence-corrected chi connectivity index (χ3v) is 19.6. The van der Waals surface area contributed by atoms with Crippen molar-refractivity contribution in [3.63, 3.8) is 0 Å². The van der Waals surface area contributed by atoms with Crippen molar-refractivity contribution in [1.29, 1.82) is 0 Å². The Morgan fingerprint density at radius 2 is 1.36 bits per heavy atom. The van der Waals surface area contributed by atoms with Crippen LogP contribution in [0.25, 0.3) is 0 Å². The van der Waals surface area contributed by atoms with Crippen LogP contribution in [0.15, 0.2) is 52.7 Å². The molecule has 0 aromatic heterocycles. The summed E-state index contributed by atoms with van der Waals surface area (Å²) in [4.78, 5) is 15.9. The van der Waals surface area contributed by atoms with E-state index in [0.29, 0.717) is 11.3 Å². The predicted octanol–water partition coefficient (Wildman–Crippen LogP) is 9.76. The van der Waals surface area contributed by atoms with Gasteiger partial charge in [-0.05, 0) is 13.8 Å². The summed E-state index contributed by atoms with van der Waals surface area (Å²) in [5.74, 6) is -0.197. The Morgan fingerprint density at radius 1 is 0.806 bits per heavy atom. The molecule has 2 aromatic rings. The number of hydrogen-bond donors (Lipinski definition) is 0. The summed E-state index contributed by atoms with van der Waals surface area (Å²) in [7, 11) is 0. The molecule has 0 amide bonds. The summed E-state index contributed by atoms with van der Waals surface area (Å²) in [6, 6.07) is 13.7. The molecular weight excluding hydrogens is 553 g/mol. The van der Waals surface area contributed by atoms with Crippen LogP contribution in [0.3, 0.4) is 0 Å². The molecule has 0 aliphatic rings. The first-order valence-corrected chi connectivity index (χ1v) is 21.2. The molecule has 0 N–H and O–H groups in total. The second kappa shape index (κ2) is 16.1. The Labute approximate surface area is 224 Å². The molecule has 0 fully saturated rings. The minimum absolute atomic E-state index is 0.197. The van der Waals surface area contributed by atoms with Crippen LogP contribution < -0.4 is 4.90 Å². The third-order valence-electron chi connectivity index (χ3n) is 6.97. The monoisotopic (exact) mass is 601 g/mol. The van der Waals surface area contributed by atoms with Gasteiger partial charge in [0.2, 0.25) is 0 Å². The number of benzene rings is 2. The Kier molecular flexibility index (Phi) is 13.5. The molecule has 6 heteroatoms. The molecule has 0 saturated heterocycles. The van der Waals surface area contributed by atoms with Gasteiger partial charge in [-0.3, -0.25) is 0 Å². The van der Waals surface area contributed by atoms with Gasteiger partial charge in [0, 0.05) is 0 Å². The molecule has 5 nitrogen and oxygen atoms in total. The fraction of sp³-hybridized carbons (Fsp3) is 0.567. The first kappa shape index (κ1) is 30.3. The Morgan fingerprint density at radius 3 is 1.89 bits per heavy atom. The molecule has 0 bridgehead atoms. The molecule has 198 valence electrons. The molecule has 0 spiro atoms. The maximum absolute atomic E-state index is 13.6. The van der Waals surface area contributed by atoms with E-state index in [2.05, 4.69) is 68.8 Å². The zero-order valence-electron chi connectivity index (χ0n) is 23.5. The zero-order valence-corrected chi connectivity index (χ0v) is 26.3. The molecule has 0 unspecified atom stereocenters. The first-order chi connectivity index (χ1) is 17.4. The van der Waals surface area contributed by atoms with Crippen molar-refractivity contribution in [2.45, 2.75) is 93.4 Å². The average Bonchev–Trinajstić information content (AvgIpc) is 2.89. The van der Waals surface area contributed by atoms with Gasteiger partial charge in [0.25, 0.3) is 0 Å². The molecule has 36 heavy (non-hydrogen) atoms. The Bertz CT molecular complexity index is 951. The number of unbranched alkanes of at least 4 members (excludes halogenated alkanes) is 3. The van der Waals surface area contributed by atoms with Crippen LogP contribution >= 0.6 is 0 Å². The Hall–Kier alpha value is -1.89. The second-order valence-corrected chi connectivity index (χ2v) is 21.4. The average molecular weight is 600 g/mol. The Balaban J connectivity index is 2.31. The number of rotatable bonds is 16. The SMILES string of the molecule is CCC[CH2][Sn]([CH2]CCC)([CH2]CCC)[O]C(=O)c1ccccc1N=Nc1ccc(N(CC)CC)cc1C. The standard InChI is InChI=1S/C18H21N3O2.3C4H9.Sn/c1-4-21(5-2)14-10-11-16(13(3)12-14)19-20-17-9-7-6-8-15(17)18(22)23;3*1-3-4-2;/h6-12H,4-5H2,1-3H3,(H,22,23);3*1,3-4H2,2H3;/q;;;;+1/p-1. The van der Waals surface area contributed by atoms with E-state index in [9.17, 15) is 4.79 Å². The first-order valence-electron chi connectivity index (χ1n) is 14.0. The van der Waals surface area contributed by atoms with Crippen molar-refractivity contribution < 1.29 is 7.87 Å². The molecule has 2 aromatic carbocycles. The van der Waals surface area contributed by atoms with Gasteiger partial charge >= 0.3 is 211 Å². The van der Waals surface area contributed by atoms with Gasteiger partial charge in [0.05, 0.1) is 0 Å². The predicted molar refractivity (Wildman–Crippen MR) is 156 cm³/mol. The van der Waals surface area contributed by atoms with Gasteiger partial charge in [-0.1, -0.05) is 0 Å².